The zero-order chi connectivity index (χ0) is 22.5. The van der Waals surface area contributed by atoms with Gasteiger partial charge in [0.25, 0.3) is 0 Å². The molecular formula is C24H30N4O4. The molecule has 0 saturated carbocycles. The number of aromatic nitrogens is 1. The van der Waals surface area contributed by atoms with Gasteiger partial charge in [0.05, 0.1) is 25.5 Å². The molecule has 4 rings (SSSR count). The predicted molar refractivity (Wildman–Crippen MR) is 119 cm³/mol. The quantitative estimate of drug-likeness (QED) is 0.617. The summed E-state index contributed by atoms with van der Waals surface area (Å²) in [7, 11) is 3.21. The molecule has 8 nitrogen and oxygen atoms in total. The van der Waals surface area contributed by atoms with Gasteiger partial charge >= 0.3 is 0 Å². The second-order valence-corrected chi connectivity index (χ2v) is 8.17. The Labute approximate surface area is 188 Å². The molecule has 2 aliphatic rings. The first kappa shape index (κ1) is 22.2. The average molecular weight is 439 g/mol. The Balaban J connectivity index is 1.59. The SMILES string of the molecule is COCCN1CCN2C(=O)[C@H](Cc3ccccc3)N(Cc3cccc(OC)n3)C[C@H]2C1=O. The highest BCUT2D eigenvalue weighted by molar-refractivity contribution is 5.92. The summed E-state index contributed by atoms with van der Waals surface area (Å²) in [6.45, 7) is 3.06. The number of hydrogen-bond acceptors (Lipinski definition) is 6. The van der Waals surface area contributed by atoms with E-state index >= 15 is 0 Å². The van der Waals surface area contributed by atoms with Crippen molar-refractivity contribution in [1.29, 1.82) is 0 Å². The van der Waals surface area contributed by atoms with Gasteiger partial charge in [-0.2, -0.15) is 0 Å². The fourth-order valence-electron chi connectivity index (χ4n) is 4.50. The third-order valence-corrected chi connectivity index (χ3v) is 6.19. The molecule has 1 aromatic carbocycles. The number of carbonyl (C=O) groups excluding carboxylic acids is 2. The molecule has 2 aliphatic heterocycles. The number of amides is 2. The van der Waals surface area contributed by atoms with Crippen LogP contribution in [0.4, 0.5) is 0 Å². The second kappa shape index (κ2) is 10.1. The fraction of sp³-hybridized carbons (Fsp3) is 0.458. The molecule has 2 saturated heterocycles. The van der Waals surface area contributed by atoms with Crippen molar-refractivity contribution in [3.63, 3.8) is 0 Å². The van der Waals surface area contributed by atoms with Crippen molar-refractivity contribution >= 4 is 11.8 Å². The number of pyridine rings is 1. The van der Waals surface area contributed by atoms with Crippen molar-refractivity contribution in [2.45, 2.75) is 25.0 Å². The maximum atomic E-state index is 13.6. The minimum atomic E-state index is -0.481. The molecule has 2 atom stereocenters. The van der Waals surface area contributed by atoms with E-state index in [0.717, 1.165) is 11.3 Å². The summed E-state index contributed by atoms with van der Waals surface area (Å²) >= 11 is 0. The third kappa shape index (κ3) is 4.76. The first-order valence-corrected chi connectivity index (χ1v) is 11.0. The van der Waals surface area contributed by atoms with Crippen molar-refractivity contribution in [2.24, 2.45) is 0 Å². The van der Waals surface area contributed by atoms with Crippen LogP contribution in [0.25, 0.3) is 0 Å². The maximum absolute atomic E-state index is 13.6. The van der Waals surface area contributed by atoms with Crippen LogP contribution in [0.2, 0.25) is 0 Å². The van der Waals surface area contributed by atoms with Gasteiger partial charge in [-0.3, -0.25) is 14.5 Å². The predicted octanol–water partition coefficient (Wildman–Crippen LogP) is 1.20. The minimum Gasteiger partial charge on any atom is -0.481 e. The van der Waals surface area contributed by atoms with Gasteiger partial charge in [-0.15, -0.1) is 0 Å². The average Bonchev–Trinajstić information content (AvgIpc) is 2.82. The molecule has 2 aromatic rings. The Bertz CT molecular complexity index is 939. The minimum absolute atomic E-state index is 0.00717. The van der Waals surface area contributed by atoms with E-state index in [0.29, 0.717) is 51.6 Å². The van der Waals surface area contributed by atoms with Crippen LogP contribution in [0.1, 0.15) is 11.3 Å². The van der Waals surface area contributed by atoms with Crippen LogP contribution >= 0.6 is 0 Å². The molecule has 2 fully saturated rings. The van der Waals surface area contributed by atoms with Gasteiger partial charge in [0.2, 0.25) is 17.7 Å². The van der Waals surface area contributed by atoms with Crippen LogP contribution < -0.4 is 4.74 Å². The standard InChI is InChI=1S/C24H30N4O4/c1-31-14-13-26-11-12-28-21(23(26)29)17-27(16-19-9-6-10-22(25-19)32-2)20(24(28)30)15-18-7-4-3-5-8-18/h3-10,20-21H,11-17H2,1-2H3/t20-,21-/m0/s1. The van der Waals surface area contributed by atoms with Crippen LogP contribution in [0.15, 0.2) is 48.5 Å². The number of fused-ring (bicyclic) bond motifs is 1. The monoisotopic (exact) mass is 438 g/mol. The van der Waals surface area contributed by atoms with E-state index in [1.54, 1.807) is 30.1 Å². The van der Waals surface area contributed by atoms with Gasteiger partial charge in [0.15, 0.2) is 0 Å². The highest BCUT2D eigenvalue weighted by atomic mass is 16.5. The van der Waals surface area contributed by atoms with E-state index in [9.17, 15) is 9.59 Å². The lowest BCUT2D eigenvalue weighted by molar-refractivity contribution is -0.162. The van der Waals surface area contributed by atoms with Crippen LogP contribution in [0.3, 0.4) is 0 Å². The Morgan fingerprint density at radius 2 is 1.81 bits per heavy atom. The number of benzene rings is 1. The maximum Gasteiger partial charge on any atom is 0.246 e. The summed E-state index contributed by atoms with van der Waals surface area (Å²) in [5.74, 6) is 0.530. The lowest BCUT2D eigenvalue weighted by Crippen LogP contribution is -2.69. The van der Waals surface area contributed by atoms with E-state index in [-0.39, 0.29) is 17.9 Å². The lowest BCUT2D eigenvalue weighted by Gasteiger charge is -2.49. The lowest BCUT2D eigenvalue weighted by atomic mass is 9.96. The number of carbonyl (C=O) groups is 2. The smallest absolute Gasteiger partial charge is 0.246 e. The molecule has 170 valence electrons. The number of methoxy groups -OCH3 is 2. The summed E-state index contributed by atoms with van der Waals surface area (Å²) in [4.78, 5) is 37.0. The van der Waals surface area contributed by atoms with Gasteiger partial charge in [-0.1, -0.05) is 36.4 Å². The van der Waals surface area contributed by atoms with E-state index in [1.165, 1.54) is 0 Å². The van der Waals surface area contributed by atoms with Crippen LogP contribution in [0, 0.1) is 0 Å². The highest BCUT2D eigenvalue weighted by Crippen LogP contribution is 2.26. The molecule has 2 amide bonds. The molecule has 1 aromatic heterocycles. The summed E-state index contributed by atoms with van der Waals surface area (Å²) in [6, 6.07) is 14.8. The number of hydrogen-bond donors (Lipinski definition) is 0. The number of rotatable bonds is 8. The topological polar surface area (TPSA) is 75.2 Å². The fourth-order valence-corrected chi connectivity index (χ4v) is 4.50. The van der Waals surface area contributed by atoms with E-state index in [2.05, 4.69) is 9.88 Å². The van der Waals surface area contributed by atoms with Gasteiger partial charge in [0, 0.05) is 45.9 Å². The van der Waals surface area contributed by atoms with E-state index < -0.39 is 6.04 Å². The van der Waals surface area contributed by atoms with Crippen molar-refractivity contribution in [1.82, 2.24) is 19.7 Å². The van der Waals surface area contributed by atoms with E-state index in [1.807, 2.05) is 42.5 Å². The van der Waals surface area contributed by atoms with Gasteiger partial charge in [-0.05, 0) is 18.1 Å². The van der Waals surface area contributed by atoms with Crippen LogP contribution in [-0.2, 0) is 27.3 Å². The molecule has 0 aliphatic carbocycles. The van der Waals surface area contributed by atoms with Gasteiger partial charge in [-0.25, -0.2) is 4.98 Å². The summed E-state index contributed by atoms with van der Waals surface area (Å²) in [5, 5.41) is 0. The molecule has 0 radical (unpaired) electrons. The first-order valence-electron chi connectivity index (χ1n) is 11.0. The van der Waals surface area contributed by atoms with E-state index in [4.69, 9.17) is 9.47 Å². The highest BCUT2D eigenvalue weighted by Gasteiger charge is 2.46. The van der Waals surface area contributed by atoms with Gasteiger partial charge < -0.3 is 19.3 Å². The summed E-state index contributed by atoms with van der Waals surface area (Å²) < 4.78 is 10.4. The Kier molecular flexibility index (Phi) is 7.02. The molecular weight excluding hydrogens is 408 g/mol. The normalized spacial score (nSPS) is 21.6. The number of nitrogens with zero attached hydrogens (tertiary/aromatic N) is 4. The Hall–Kier alpha value is -2.97. The van der Waals surface area contributed by atoms with Crippen molar-refractivity contribution in [3.05, 3.63) is 59.8 Å². The molecule has 0 N–H and O–H groups in total. The number of ether oxygens (including phenoxy) is 2. The molecule has 8 heteroatoms. The third-order valence-electron chi connectivity index (χ3n) is 6.19. The molecule has 0 bridgehead atoms. The number of piperazine rings is 2. The van der Waals surface area contributed by atoms with Gasteiger partial charge in [0.1, 0.15) is 6.04 Å². The molecule has 32 heavy (non-hydrogen) atoms. The first-order chi connectivity index (χ1) is 15.6. The second-order valence-electron chi connectivity index (χ2n) is 8.17. The summed E-state index contributed by atoms with van der Waals surface area (Å²) in [6.07, 6.45) is 0.592. The Morgan fingerprint density at radius 1 is 1.00 bits per heavy atom. The molecule has 0 unspecified atom stereocenters. The van der Waals surface area contributed by atoms with Crippen molar-refractivity contribution < 1.29 is 19.1 Å². The summed E-state index contributed by atoms with van der Waals surface area (Å²) in [5.41, 5.74) is 1.90. The zero-order valence-electron chi connectivity index (χ0n) is 18.6. The largest absolute Gasteiger partial charge is 0.481 e. The molecule has 0 spiro atoms. The Morgan fingerprint density at radius 3 is 2.56 bits per heavy atom. The van der Waals surface area contributed by atoms with Crippen molar-refractivity contribution in [2.75, 3.05) is 47.0 Å². The molecule has 3 heterocycles. The zero-order valence-corrected chi connectivity index (χ0v) is 18.6. The van der Waals surface area contributed by atoms with Crippen molar-refractivity contribution in [3.8, 4) is 5.88 Å². The van der Waals surface area contributed by atoms with Crippen LogP contribution in [0.5, 0.6) is 5.88 Å². The van der Waals surface area contributed by atoms with Crippen LogP contribution in [-0.4, -0.2) is 90.6 Å².